The third-order valence-electron chi connectivity index (χ3n) is 4.31. The van der Waals surface area contributed by atoms with Crippen molar-refractivity contribution in [3.05, 3.63) is 28.2 Å². The quantitative estimate of drug-likeness (QED) is 0.773. The van der Waals surface area contributed by atoms with Crippen molar-refractivity contribution in [2.45, 2.75) is 50.9 Å². The fourth-order valence-electron chi connectivity index (χ4n) is 3.14. The number of nitrogen functional groups attached to an aromatic ring is 1. The van der Waals surface area contributed by atoms with E-state index in [2.05, 4.69) is 15.9 Å². The largest absolute Gasteiger partial charge is 0.481 e. The van der Waals surface area contributed by atoms with Gasteiger partial charge in [0.1, 0.15) is 0 Å². The highest BCUT2D eigenvalue weighted by atomic mass is 79.9. The second-order valence-electron chi connectivity index (χ2n) is 5.75. The molecule has 0 amide bonds. The molecule has 2 rings (SSSR count). The van der Waals surface area contributed by atoms with Crippen LogP contribution in [0.25, 0.3) is 0 Å². The monoisotopic (exact) mass is 339 g/mol. The molecule has 0 bridgehead atoms. The zero-order valence-corrected chi connectivity index (χ0v) is 13.2. The summed E-state index contributed by atoms with van der Waals surface area (Å²) in [5.41, 5.74) is 7.26. The van der Waals surface area contributed by atoms with Gasteiger partial charge in [-0.15, -0.1) is 0 Å². The zero-order valence-electron chi connectivity index (χ0n) is 11.6. The molecule has 3 nitrogen and oxygen atoms in total. The summed E-state index contributed by atoms with van der Waals surface area (Å²) in [7, 11) is 0. The Kier molecular flexibility index (Phi) is 5.46. The Morgan fingerprint density at radius 2 is 2.05 bits per heavy atom. The average Bonchev–Trinajstić information content (AvgIpc) is 2.43. The summed E-state index contributed by atoms with van der Waals surface area (Å²) in [6.07, 6.45) is 8.09. The highest BCUT2D eigenvalue weighted by Crippen LogP contribution is 2.34. The molecule has 1 aliphatic carbocycles. The maximum Gasteiger partial charge on any atom is 0.311 e. The third kappa shape index (κ3) is 3.98. The molecule has 1 unspecified atom stereocenters. The van der Waals surface area contributed by atoms with Crippen LogP contribution in [0.5, 0.6) is 0 Å². The maximum atomic E-state index is 11.6. The van der Waals surface area contributed by atoms with Crippen LogP contribution in [0.15, 0.2) is 22.7 Å². The van der Waals surface area contributed by atoms with Gasteiger partial charge >= 0.3 is 5.97 Å². The molecule has 0 saturated heterocycles. The van der Waals surface area contributed by atoms with Crippen LogP contribution in [0.1, 0.15) is 56.4 Å². The van der Waals surface area contributed by atoms with Gasteiger partial charge in [-0.1, -0.05) is 48.0 Å². The van der Waals surface area contributed by atoms with Crippen LogP contribution in [0.4, 0.5) is 5.69 Å². The fourth-order valence-corrected chi connectivity index (χ4v) is 3.52. The number of aliphatic carboxylic acids is 1. The molecule has 1 aromatic rings. The van der Waals surface area contributed by atoms with Gasteiger partial charge in [0, 0.05) is 10.2 Å². The first-order chi connectivity index (χ1) is 9.58. The molecule has 0 spiro atoms. The van der Waals surface area contributed by atoms with Gasteiger partial charge < -0.3 is 10.8 Å². The van der Waals surface area contributed by atoms with Crippen LogP contribution in [-0.2, 0) is 4.79 Å². The van der Waals surface area contributed by atoms with Crippen LogP contribution in [0.2, 0.25) is 0 Å². The summed E-state index contributed by atoms with van der Waals surface area (Å²) < 4.78 is 0.880. The Labute approximate surface area is 128 Å². The van der Waals surface area contributed by atoms with E-state index in [0.717, 1.165) is 16.5 Å². The van der Waals surface area contributed by atoms with Gasteiger partial charge in [0.2, 0.25) is 0 Å². The first kappa shape index (κ1) is 15.4. The van der Waals surface area contributed by atoms with E-state index in [1.54, 1.807) is 6.07 Å². The molecule has 1 aromatic carbocycles. The van der Waals surface area contributed by atoms with Crippen LogP contribution >= 0.6 is 15.9 Å². The van der Waals surface area contributed by atoms with Crippen LogP contribution in [0, 0.1) is 5.92 Å². The lowest BCUT2D eigenvalue weighted by Crippen LogP contribution is -2.16. The fraction of sp³-hybridized carbons (Fsp3) is 0.562. The van der Waals surface area contributed by atoms with Gasteiger partial charge in [0.25, 0.3) is 0 Å². The van der Waals surface area contributed by atoms with Crippen molar-refractivity contribution in [1.82, 2.24) is 0 Å². The Morgan fingerprint density at radius 1 is 1.35 bits per heavy atom. The second kappa shape index (κ2) is 7.11. The van der Waals surface area contributed by atoms with Crippen molar-refractivity contribution in [2.24, 2.45) is 5.92 Å². The first-order valence-corrected chi connectivity index (χ1v) is 8.15. The van der Waals surface area contributed by atoms with Crippen LogP contribution < -0.4 is 5.73 Å². The number of benzene rings is 1. The minimum Gasteiger partial charge on any atom is -0.481 e. The van der Waals surface area contributed by atoms with Gasteiger partial charge in [-0.3, -0.25) is 4.79 Å². The van der Waals surface area contributed by atoms with Gasteiger partial charge in [-0.05, 0) is 42.5 Å². The summed E-state index contributed by atoms with van der Waals surface area (Å²) >= 11 is 3.39. The zero-order chi connectivity index (χ0) is 14.5. The maximum absolute atomic E-state index is 11.6. The number of nitrogens with two attached hydrogens (primary N) is 1. The van der Waals surface area contributed by atoms with E-state index in [9.17, 15) is 9.90 Å². The molecule has 0 aromatic heterocycles. The number of carbonyl (C=O) groups is 1. The molecule has 0 aliphatic heterocycles. The van der Waals surface area contributed by atoms with Gasteiger partial charge in [0.05, 0.1) is 5.92 Å². The van der Waals surface area contributed by atoms with Gasteiger partial charge in [-0.2, -0.15) is 0 Å². The van der Waals surface area contributed by atoms with Crippen molar-refractivity contribution in [3.8, 4) is 0 Å². The highest BCUT2D eigenvalue weighted by molar-refractivity contribution is 9.10. The molecule has 0 radical (unpaired) electrons. The van der Waals surface area contributed by atoms with Crippen molar-refractivity contribution in [3.63, 3.8) is 0 Å². The van der Waals surface area contributed by atoms with E-state index in [0.29, 0.717) is 18.0 Å². The Morgan fingerprint density at radius 3 is 2.70 bits per heavy atom. The Hall–Kier alpha value is -1.03. The highest BCUT2D eigenvalue weighted by Gasteiger charge is 2.24. The minimum atomic E-state index is -0.773. The summed E-state index contributed by atoms with van der Waals surface area (Å²) in [5.74, 6) is -0.570. The molecule has 4 heteroatoms. The molecule has 1 aliphatic rings. The molecular formula is C16H22BrNO2. The summed E-state index contributed by atoms with van der Waals surface area (Å²) in [6, 6.07) is 5.46. The van der Waals surface area contributed by atoms with E-state index in [4.69, 9.17) is 5.73 Å². The molecule has 1 fully saturated rings. The molecule has 20 heavy (non-hydrogen) atoms. The molecule has 1 atom stereocenters. The average molecular weight is 340 g/mol. The predicted octanol–water partition coefficient (Wildman–Crippen LogP) is 4.56. The van der Waals surface area contributed by atoms with Crippen molar-refractivity contribution < 1.29 is 9.90 Å². The first-order valence-electron chi connectivity index (χ1n) is 7.35. The van der Waals surface area contributed by atoms with E-state index in [1.165, 1.54) is 32.1 Å². The molecule has 0 heterocycles. The third-order valence-corrected chi connectivity index (χ3v) is 4.80. The topological polar surface area (TPSA) is 63.3 Å². The lowest BCUT2D eigenvalue weighted by molar-refractivity contribution is -0.139. The number of rotatable bonds is 5. The standard InChI is InChI=1S/C16H22BrNO2/c17-12-7-9-15(18)14(10-12)13(16(19)20)8-6-11-4-2-1-3-5-11/h7,9-11,13H,1-6,8,18H2,(H,19,20). The lowest BCUT2D eigenvalue weighted by atomic mass is 9.82. The van der Waals surface area contributed by atoms with E-state index in [-0.39, 0.29) is 0 Å². The number of halogens is 1. The summed E-state index contributed by atoms with van der Waals surface area (Å²) in [6.45, 7) is 0. The Bertz CT molecular complexity index is 470. The molecule has 1 saturated carbocycles. The van der Waals surface area contributed by atoms with Crippen LogP contribution in [-0.4, -0.2) is 11.1 Å². The molecule has 3 N–H and O–H groups in total. The van der Waals surface area contributed by atoms with Gasteiger partial charge in [0.15, 0.2) is 0 Å². The predicted molar refractivity (Wildman–Crippen MR) is 84.7 cm³/mol. The Balaban J connectivity index is 2.06. The smallest absolute Gasteiger partial charge is 0.311 e. The second-order valence-corrected chi connectivity index (χ2v) is 6.66. The lowest BCUT2D eigenvalue weighted by Gasteiger charge is -2.23. The number of hydrogen-bond acceptors (Lipinski definition) is 2. The normalized spacial score (nSPS) is 17.9. The summed E-state index contributed by atoms with van der Waals surface area (Å²) in [4.78, 5) is 11.6. The van der Waals surface area contributed by atoms with E-state index < -0.39 is 11.9 Å². The molecule has 110 valence electrons. The van der Waals surface area contributed by atoms with Crippen molar-refractivity contribution in [1.29, 1.82) is 0 Å². The van der Waals surface area contributed by atoms with Crippen molar-refractivity contribution in [2.75, 3.05) is 5.73 Å². The number of anilines is 1. The van der Waals surface area contributed by atoms with E-state index >= 15 is 0 Å². The summed E-state index contributed by atoms with van der Waals surface area (Å²) in [5, 5.41) is 9.50. The number of carboxylic acids is 1. The number of carboxylic acid groups (broad SMARTS) is 1. The molecular weight excluding hydrogens is 318 g/mol. The van der Waals surface area contributed by atoms with Gasteiger partial charge in [-0.25, -0.2) is 0 Å². The number of hydrogen-bond donors (Lipinski definition) is 2. The SMILES string of the molecule is Nc1ccc(Br)cc1C(CCC1CCCCC1)C(=O)O. The van der Waals surface area contributed by atoms with Crippen LogP contribution in [0.3, 0.4) is 0 Å². The van der Waals surface area contributed by atoms with E-state index in [1.807, 2.05) is 12.1 Å². The minimum absolute atomic E-state index is 0.491. The van der Waals surface area contributed by atoms with Crippen molar-refractivity contribution >= 4 is 27.6 Å².